The number of halogens is 4. The molecule has 4 nitrogen and oxygen atoms in total. The predicted octanol–water partition coefficient (Wildman–Crippen LogP) is 6.17. The number of rotatable bonds is 7. The highest BCUT2D eigenvalue weighted by molar-refractivity contribution is 9.11. The van der Waals surface area contributed by atoms with E-state index in [0.29, 0.717) is 18.4 Å². The molecule has 1 saturated heterocycles. The van der Waals surface area contributed by atoms with Crippen LogP contribution >= 0.6 is 56.7 Å². The summed E-state index contributed by atoms with van der Waals surface area (Å²) in [7, 11) is 0. The zero-order chi connectivity index (χ0) is 21.6. The molecule has 1 heterocycles. The minimum Gasteiger partial charge on any atom is -0.487 e. The molecule has 1 aliphatic heterocycles. The lowest BCUT2D eigenvalue weighted by molar-refractivity contribution is 0.0447. The first-order valence-electron chi connectivity index (χ1n) is 11.4. The van der Waals surface area contributed by atoms with E-state index in [0.717, 1.165) is 72.2 Å². The van der Waals surface area contributed by atoms with Gasteiger partial charge in [0.1, 0.15) is 12.4 Å². The van der Waals surface area contributed by atoms with Crippen molar-refractivity contribution in [2.75, 3.05) is 32.7 Å². The topological polar surface area (TPSA) is 44.7 Å². The van der Waals surface area contributed by atoms with E-state index in [9.17, 15) is 5.11 Å². The maximum absolute atomic E-state index is 10.9. The summed E-state index contributed by atoms with van der Waals surface area (Å²) in [5.74, 6) is 1.44. The highest BCUT2D eigenvalue weighted by Crippen LogP contribution is 2.42. The van der Waals surface area contributed by atoms with Gasteiger partial charge in [0, 0.05) is 38.6 Å². The van der Waals surface area contributed by atoms with Gasteiger partial charge in [-0.15, -0.1) is 24.8 Å². The lowest BCUT2D eigenvalue weighted by Crippen LogP contribution is -2.46. The largest absolute Gasteiger partial charge is 0.487 e. The van der Waals surface area contributed by atoms with Gasteiger partial charge in [0.05, 0.1) is 15.0 Å². The van der Waals surface area contributed by atoms with Crippen molar-refractivity contribution in [1.82, 2.24) is 10.2 Å². The lowest BCUT2D eigenvalue weighted by atomic mass is 9.74. The summed E-state index contributed by atoms with van der Waals surface area (Å²) >= 11 is 7.53. The summed E-state index contributed by atoms with van der Waals surface area (Å²) in [5, 5.41) is 14.3. The van der Waals surface area contributed by atoms with Gasteiger partial charge in [-0.2, -0.15) is 0 Å². The molecule has 1 saturated carbocycles. The monoisotopic (exact) mass is 622 g/mol. The first-order valence-corrected chi connectivity index (χ1v) is 13.0. The summed E-state index contributed by atoms with van der Waals surface area (Å²) in [6.45, 7) is 5.74. The number of piperazine rings is 1. The number of hydrogen-bond donors (Lipinski definition) is 2. The summed E-state index contributed by atoms with van der Waals surface area (Å²) in [4.78, 5) is 2.55. The molecule has 2 fully saturated rings. The van der Waals surface area contributed by atoms with Crippen LogP contribution in [0.25, 0.3) is 0 Å². The average Bonchev–Trinajstić information content (AvgIpc) is 2.79. The van der Waals surface area contributed by atoms with Gasteiger partial charge in [-0.3, -0.25) is 0 Å². The molecule has 8 heteroatoms. The van der Waals surface area contributed by atoms with E-state index in [1.165, 1.54) is 12.0 Å². The fourth-order valence-corrected chi connectivity index (χ4v) is 6.38. The fraction of sp³-hybridized carbons (Fsp3) is 0.520. The number of aliphatic hydroxyl groups is 1. The Morgan fingerprint density at radius 2 is 1.64 bits per heavy atom. The molecule has 0 radical (unpaired) electrons. The summed E-state index contributed by atoms with van der Waals surface area (Å²) in [6, 6.07) is 14.6. The molecule has 0 aromatic heterocycles. The van der Waals surface area contributed by atoms with Crippen LogP contribution < -0.4 is 10.1 Å². The van der Waals surface area contributed by atoms with Crippen molar-refractivity contribution in [3.63, 3.8) is 0 Å². The number of nitrogens with zero attached hydrogens (tertiary/aromatic N) is 1. The fourth-order valence-electron chi connectivity index (χ4n) is 4.93. The molecular weight excluding hydrogens is 591 g/mol. The molecule has 2 N–H and O–H groups in total. The number of hydrogen-bond acceptors (Lipinski definition) is 4. The SMILES string of the molecule is Cl.Cl.OC1CCCCC1C(CN1CCNCC1)c1cc(Br)c(OCc2ccccc2)c(Br)c1. The second-order valence-corrected chi connectivity index (χ2v) is 10.5. The van der Waals surface area contributed by atoms with Gasteiger partial charge in [0.2, 0.25) is 0 Å². The van der Waals surface area contributed by atoms with Gasteiger partial charge in [0.25, 0.3) is 0 Å². The Hall–Kier alpha value is -0.340. The third-order valence-corrected chi connectivity index (χ3v) is 7.82. The van der Waals surface area contributed by atoms with Gasteiger partial charge < -0.3 is 20.1 Å². The van der Waals surface area contributed by atoms with E-state index >= 15 is 0 Å². The molecule has 1 aliphatic carbocycles. The first kappa shape index (κ1) is 28.9. The summed E-state index contributed by atoms with van der Waals surface area (Å²) < 4.78 is 8.07. The summed E-state index contributed by atoms with van der Waals surface area (Å²) in [5.41, 5.74) is 2.42. The molecule has 0 bridgehead atoms. The maximum atomic E-state index is 10.9. The quantitative estimate of drug-likeness (QED) is 0.387. The molecular formula is C25H34Br2Cl2N2O2. The molecule has 3 unspecified atom stereocenters. The second-order valence-electron chi connectivity index (χ2n) is 8.76. The van der Waals surface area contributed by atoms with Crippen molar-refractivity contribution in [2.45, 2.75) is 44.3 Å². The molecule has 0 spiro atoms. The Morgan fingerprint density at radius 3 is 2.27 bits per heavy atom. The first-order chi connectivity index (χ1) is 15.1. The van der Waals surface area contributed by atoms with E-state index < -0.39 is 0 Å². The third-order valence-electron chi connectivity index (χ3n) is 6.64. The zero-order valence-electron chi connectivity index (χ0n) is 18.7. The molecule has 2 aromatic rings. The Morgan fingerprint density at radius 1 is 1.00 bits per heavy atom. The van der Waals surface area contributed by atoms with Gasteiger partial charge in [0.15, 0.2) is 0 Å². The van der Waals surface area contributed by atoms with Crippen LogP contribution in [-0.2, 0) is 6.61 Å². The van der Waals surface area contributed by atoms with Crippen LogP contribution in [0.2, 0.25) is 0 Å². The van der Waals surface area contributed by atoms with Crippen LogP contribution in [0.4, 0.5) is 0 Å². The Balaban J connectivity index is 0.00000193. The number of benzene rings is 2. The van der Waals surface area contributed by atoms with Gasteiger partial charge in [-0.25, -0.2) is 0 Å². The van der Waals surface area contributed by atoms with Crippen LogP contribution in [-0.4, -0.2) is 48.8 Å². The standard InChI is InChI=1S/C25H32Br2N2O2.2ClH/c26-22-14-19(15-23(27)25(22)31-17-18-6-2-1-3-7-18)21(16-29-12-10-28-11-13-29)20-8-4-5-9-24(20)30;;/h1-3,6-7,14-15,20-21,24,28,30H,4-5,8-13,16-17H2;2*1H. The van der Waals surface area contributed by atoms with E-state index in [4.69, 9.17) is 4.74 Å². The van der Waals surface area contributed by atoms with Gasteiger partial charge in [-0.05, 0) is 73.9 Å². The molecule has 184 valence electrons. The summed E-state index contributed by atoms with van der Waals surface area (Å²) in [6.07, 6.45) is 4.15. The van der Waals surface area contributed by atoms with Crippen molar-refractivity contribution < 1.29 is 9.84 Å². The van der Waals surface area contributed by atoms with Crippen LogP contribution in [0, 0.1) is 5.92 Å². The van der Waals surface area contributed by atoms with E-state index in [1.807, 2.05) is 18.2 Å². The molecule has 3 atom stereocenters. The van der Waals surface area contributed by atoms with E-state index in [-0.39, 0.29) is 30.9 Å². The highest BCUT2D eigenvalue weighted by atomic mass is 79.9. The van der Waals surface area contributed by atoms with Crippen LogP contribution in [0.5, 0.6) is 5.75 Å². The average molecular weight is 625 g/mol. The van der Waals surface area contributed by atoms with Gasteiger partial charge >= 0.3 is 0 Å². The van der Waals surface area contributed by atoms with Crippen LogP contribution in [0.3, 0.4) is 0 Å². The zero-order valence-corrected chi connectivity index (χ0v) is 23.5. The Bertz CT molecular complexity index is 831. The Labute approximate surface area is 226 Å². The molecule has 4 rings (SSSR count). The van der Waals surface area contributed by atoms with Crippen LogP contribution in [0.1, 0.15) is 42.7 Å². The third kappa shape index (κ3) is 7.83. The lowest BCUT2D eigenvalue weighted by Gasteiger charge is -2.39. The van der Waals surface area contributed by atoms with Crippen molar-refractivity contribution in [2.24, 2.45) is 5.92 Å². The van der Waals surface area contributed by atoms with Crippen molar-refractivity contribution in [1.29, 1.82) is 0 Å². The predicted molar refractivity (Wildman–Crippen MR) is 147 cm³/mol. The smallest absolute Gasteiger partial charge is 0.148 e. The minimum atomic E-state index is -0.215. The second kappa shape index (κ2) is 14.3. The van der Waals surface area contributed by atoms with Gasteiger partial charge in [-0.1, -0.05) is 43.2 Å². The van der Waals surface area contributed by atoms with Crippen molar-refractivity contribution in [3.8, 4) is 5.75 Å². The van der Waals surface area contributed by atoms with Crippen LogP contribution in [0.15, 0.2) is 51.4 Å². The normalized spacial score (nSPS) is 22.0. The van der Waals surface area contributed by atoms with Crippen molar-refractivity contribution >= 4 is 56.7 Å². The van der Waals surface area contributed by atoms with E-state index in [2.05, 4.69) is 66.3 Å². The van der Waals surface area contributed by atoms with Crippen molar-refractivity contribution in [3.05, 3.63) is 62.5 Å². The molecule has 0 amide bonds. The molecule has 33 heavy (non-hydrogen) atoms. The minimum absolute atomic E-state index is 0. The van der Waals surface area contributed by atoms with E-state index in [1.54, 1.807) is 0 Å². The number of aliphatic hydroxyl groups excluding tert-OH is 1. The maximum Gasteiger partial charge on any atom is 0.148 e. The molecule has 2 aliphatic rings. The molecule has 2 aromatic carbocycles. The highest BCUT2D eigenvalue weighted by Gasteiger charge is 2.33. The Kier molecular flexibility index (Phi) is 12.5. The number of ether oxygens (including phenoxy) is 1. The number of nitrogens with one attached hydrogen (secondary N) is 1.